The molecule has 19 heteroatoms. The van der Waals surface area contributed by atoms with Gasteiger partial charge in [-0.1, -0.05) is 0 Å². The molecule has 0 saturated carbocycles. The van der Waals surface area contributed by atoms with Crippen molar-refractivity contribution in [1.29, 1.82) is 0 Å². The van der Waals surface area contributed by atoms with E-state index in [1.807, 2.05) is 0 Å². The van der Waals surface area contributed by atoms with Crippen molar-refractivity contribution in [2.45, 2.75) is 24.4 Å². The molecule has 16 nitrogen and oxygen atoms in total. The van der Waals surface area contributed by atoms with Crippen LogP contribution in [0.15, 0.2) is 0 Å². The van der Waals surface area contributed by atoms with Gasteiger partial charge in [0.2, 0.25) is 0 Å². The van der Waals surface area contributed by atoms with Gasteiger partial charge < -0.3 is 54.8 Å². The zero-order valence-corrected chi connectivity index (χ0v) is 14.5. The number of aliphatic hydroxyl groups excluding tert-OH is 5. The lowest BCUT2D eigenvalue weighted by Crippen LogP contribution is -2.46. The van der Waals surface area contributed by atoms with Crippen molar-refractivity contribution in [3.05, 3.63) is 0 Å². The van der Waals surface area contributed by atoms with Crippen LogP contribution in [-0.4, -0.2) is 87.3 Å². The Labute approximate surface area is 139 Å². The lowest BCUT2D eigenvalue weighted by Gasteiger charge is -2.22. The first-order chi connectivity index (χ1) is 11.0. The Kier molecular flexibility index (Phi) is 11.8. The lowest BCUT2D eigenvalue weighted by molar-refractivity contribution is -0.136. The average Bonchev–Trinajstić information content (AvgIpc) is 2.39. The van der Waals surface area contributed by atoms with Gasteiger partial charge in [-0.15, -0.1) is 0 Å². The third-order valence-corrected chi connectivity index (χ3v) is 5.19. The maximum Gasteiger partial charge on any atom is 0.490 e. The van der Waals surface area contributed by atoms with Crippen LogP contribution in [0.3, 0.4) is 0 Å². The summed E-state index contributed by atoms with van der Waals surface area (Å²) in [5.41, 5.74) is 0. The minimum absolute atomic E-state index is 0.0258. The summed E-state index contributed by atoms with van der Waals surface area (Å²) in [6.45, 7) is -0.760. The molecule has 0 spiro atoms. The Morgan fingerprint density at radius 2 is 1.16 bits per heavy atom. The van der Waals surface area contributed by atoms with Crippen molar-refractivity contribution in [1.82, 2.24) is 0 Å². The van der Waals surface area contributed by atoms with Crippen molar-refractivity contribution in [2.24, 2.45) is 0 Å². The fourth-order valence-corrected chi connectivity index (χ4v) is 3.44. The number of carbonyl (C=O) groups is 1. The zero-order chi connectivity index (χ0) is 20.6. The summed E-state index contributed by atoms with van der Waals surface area (Å²) in [6.07, 6.45) is -6.84. The molecule has 0 aliphatic carbocycles. The van der Waals surface area contributed by atoms with Crippen LogP contribution in [-0.2, 0) is 27.1 Å². The average molecular weight is 438 g/mol. The van der Waals surface area contributed by atoms with E-state index in [9.17, 15) is 18.5 Å². The standard InChI is InChI=1S/C6H12O6.H5O10P3/c7-1-3(9)5(11)6(12)4(10)2-8;1-11(2,3)9-13(7,8)10-12(4,5)6/h1,3-6,8-12H,2H2;(H,7,8)(H2,1,2,3)(H2,4,5,6)/t3-,4+,5+,6+;/m0./s1. The second kappa shape index (κ2) is 10.9. The van der Waals surface area contributed by atoms with E-state index in [0.29, 0.717) is 0 Å². The molecule has 0 aromatic heterocycles. The largest absolute Gasteiger partial charge is 0.490 e. The Hall–Kier alpha value is -0.120. The smallest absolute Gasteiger partial charge is 0.394 e. The SMILES string of the molecule is O=C[C@H](O)[C@@H](O)[C@H](O)[C@H](O)CO.O=P(O)(O)OP(=O)(O)OP(=O)(O)O. The second-order valence-corrected chi connectivity index (χ2v) is 8.18. The summed E-state index contributed by atoms with van der Waals surface area (Å²) in [7, 11) is -16.2. The number of carbonyl (C=O) groups excluding carboxylic acids is 1. The molecule has 152 valence electrons. The molecule has 4 atom stereocenters. The van der Waals surface area contributed by atoms with Gasteiger partial charge in [0.05, 0.1) is 6.61 Å². The maximum absolute atomic E-state index is 10.4. The summed E-state index contributed by atoms with van der Waals surface area (Å²) >= 11 is 0. The number of aldehydes is 1. The summed E-state index contributed by atoms with van der Waals surface area (Å²) in [5, 5.41) is 43.5. The normalized spacial score (nSPS) is 17.7. The molecular formula is C6H17O16P3. The first kappa shape index (κ1) is 27.1. The first-order valence-corrected chi connectivity index (χ1v) is 10.2. The number of phosphoric acid groups is 3. The van der Waals surface area contributed by atoms with Gasteiger partial charge in [0.25, 0.3) is 0 Å². The molecule has 0 unspecified atom stereocenters. The zero-order valence-electron chi connectivity index (χ0n) is 11.9. The van der Waals surface area contributed by atoms with Gasteiger partial charge in [0, 0.05) is 0 Å². The van der Waals surface area contributed by atoms with Crippen LogP contribution >= 0.6 is 23.5 Å². The first-order valence-electron chi connectivity index (χ1n) is 5.60. The molecule has 0 aromatic carbocycles. The minimum atomic E-state index is -5.46. The van der Waals surface area contributed by atoms with Crippen molar-refractivity contribution >= 4 is 29.8 Å². The predicted octanol–water partition coefficient (Wildman–Crippen LogP) is -4.07. The Morgan fingerprint density at radius 1 is 0.800 bits per heavy atom. The number of hydrogen-bond acceptors (Lipinski definition) is 11. The van der Waals surface area contributed by atoms with E-state index in [2.05, 4.69) is 8.62 Å². The quantitative estimate of drug-likeness (QED) is 0.121. The predicted molar refractivity (Wildman–Crippen MR) is 73.3 cm³/mol. The molecule has 0 radical (unpaired) electrons. The van der Waals surface area contributed by atoms with E-state index in [0.717, 1.165) is 0 Å². The van der Waals surface area contributed by atoms with E-state index < -0.39 is 54.5 Å². The van der Waals surface area contributed by atoms with E-state index in [4.69, 9.17) is 50.0 Å². The van der Waals surface area contributed by atoms with Gasteiger partial charge in [-0.25, -0.2) is 13.7 Å². The summed E-state index contributed by atoms with van der Waals surface area (Å²) in [6, 6.07) is 0. The summed E-state index contributed by atoms with van der Waals surface area (Å²) in [4.78, 5) is 50.1. The fourth-order valence-electron chi connectivity index (χ4n) is 0.902. The minimum Gasteiger partial charge on any atom is -0.394 e. The third-order valence-electron chi connectivity index (χ3n) is 1.84. The van der Waals surface area contributed by atoms with Crippen molar-refractivity contribution in [3.63, 3.8) is 0 Å². The molecule has 0 bridgehead atoms. The Balaban J connectivity index is 0. The molecule has 25 heavy (non-hydrogen) atoms. The van der Waals surface area contributed by atoms with Gasteiger partial charge in [-0.2, -0.15) is 8.62 Å². The van der Waals surface area contributed by atoms with Gasteiger partial charge >= 0.3 is 23.5 Å². The van der Waals surface area contributed by atoms with Crippen molar-refractivity contribution in [3.8, 4) is 0 Å². The highest BCUT2D eigenvalue weighted by molar-refractivity contribution is 7.66. The van der Waals surface area contributed by atoms with Gasteiger partial charge in [-0.3, -0.25) is 0 Å². The molecule has 0 rings (SSSR count). The molecule has 0 aliphatic heterocycles. The van der Waals surface area contributed by atoms with E-state index in [-0.39, 0.29) is 6.29 Å². The monoisotopic (exact) mass is 438 g/mol. The molecular weight excluding hydrogens is 421 g/mol. The molecule has 0 saturated heterocycles. The van der Waals surface area contributed by atoms with Crippen LogP contribution in [0.25, 0.3) is 0 Å². The Morgan fingerprint density at radius 3 is 1.40 bits per heavy atom. The fraction of sp³-hybridized carbons (Fsp3) is 0.833. The van der Waals surface area contributed by atoms with E-state index in [1.165, 1.54) is 0 Å². The highest BCUT2D eigenvalue weighted by atomic mass is 31.3. The number of rotatable bonds is 9. The van der Waals surface area contributed by atoms with Crippen LogP contribution in [0.4, 0.5) is 0 Å². The lowest BCUT2D eigenvalue weighted by atomic mass is 10.0. The molecule has 0 fully saturated rings. The molecule has 0 aliphatic rings. The molecule has 0 heterocycles. The van der Waals surface area contributed by atoms with Gasteiger partial charge in [0.1, 0.15) is 24.4 Å². The highest BCUT2D eigenvalue weighted by Crippen LogP contribution is 2.64. The van der Waals surface area contributed by atoms with Crippen molar-refractivity contribution < 1.29 is 77.1 Å². The van der Waals surface area contributed by atoms with E-state index >= 15 is 0 Å². The number of aliphatic hydroxyl groups is 5. The second-order valence-electron chi connectivity index (χ2n) is 3.97. The maximum atomic E-state index is 10.4. The van der Waals surface area contributed by atoms with E-state index in [1.54, 1.807) is 0 Å². The molecule has 0 amide bonds. The van der Waals surface area contributed by atoms with Crippen LogP contribution in [0, 0.1) is 0 Å². The van der Waals surface area contributed by atoms with Crippen LogP contribution < -0.4 is 0 Å². The molecule has 10 N–H and O–H groups in total. The highest BCUT2D eigenvalue weighted by Gasteiger charge is 2.38. The summed E-state index contributed by atoms with van der Waals surface area (Å²) < 4.78 is 36.4. The van der Waals surface area contributed by atoms with Crippen LogP contribution in [0.5, 0.6) is 0 Å². The number of hydrogen-bond donors (Lipinski definition) is 10. The molecule has 0 aromatic rings. The van der Waals surface area contributed by atoms with Crippen molar-refractivity contribution in [2.75, 3.05) is 6.61 Å². The third kappa shape index (κ3) is 14.7. The topological polar surface area (TPSA) is 289 Å². The van der Waals surface area contributed by atoms with Gasteiger partial charge in [0.15, 0.2) is 6.29 Å². The summed E-state index contributed by atoms with van der Waals surface area (Å²) in [5.74, 6) is 0. The van der Waals surface area contributed by atoms with Gasteiger partial charge in [-0.05, 0) is 0 Å². The van der Waals surface area contributed by atoms with Crippen LogP contribution in [0.2, 0.25) is 0 Å². The Bertz CT molecular complexity index is 508. The van der Waals surface area contributed by atoms with Crippen LogP contribution in [0.1, 0.15) is 0 Å².